The van der Waals surface area contributed by atoms with Gasteiger partial charge in [0, 0.05) is 19.2 Å². The minimum atomic E-state index is -3.80. The summed E-state index contributed by atoms with van der Waals surface area (Å²) in [6.45, 7) is 4.48. The van der Waals surface area contributed by atoms with Gasteiger partial charge in [-0.05, 0) is 50.1 Å². The summed E-state index contributed by atoms with van der Waals surface area (Å²) >= 11 is 0. The van der Waals surface area contributed by atoms with Gasteiger partial charge in [0.15, 0.2) is 0 Å². The Kier molecular flexibility index (Phi) is 7.78. The fraction of sp³-hybridized carbons (Fsp3) is 0.364. The van der Waals surface area contributed by atoms with Crippen LogP contribution in [0, 0.1) is 19.7 Å². The van der Waals surface area contributed by atoms with Crippen LogP contribution in [0.25, 0.3) is 0 Å². The van der Waals surface area contributed by atoms with E-state index in [-0.39, 0.29) is 12.1 Å². The molecule has 0 bridgehead atoms. The van der Waals surface area contributed by atoms with Crippen LogP contribution in [0.5, 0.6) is 0 Å². The number of rotatable bonds is 8. The lowest BCUT2D eigenvalue weighted by atomic mass is 10.1. The zero-order chi connectivity index (χ0) is 23.3. The third-order valence-corrected chi connectivity index (χ3v) is 6.03. The molecule has 2 aromatic rings. The fourth-order valence-corrected chi connectivity index (χ4v) is 4.14. The van der Waals surface area contributed by atoms with Gasteiger partial charge in [-0.3, -0.25) is 13.9 Å². The van der Waals surface area contributed by atoms with Crippen LogP contribution in [0.15, 0.2) is 42.5 Å². The number of carbonyl (C=O) groups excluding carboxylic acids is 2. The molecule has 0 spiro atoms. The van der Waals surface area contributed by atoms with Crippen LogP contribution in [0.1, 0.15) is 23.6 Å². The first-order valence-electron chi connectivity index (χ1n) is 9.74. The zero-order valence-corrected chi connectivity index (χ0v) is 19.2. The molecule has 168 valence electrons. The Morgan fingerprint density at radius 1 is 1.10 bits per heavy atom. The molecule has 0 unspecified atom stereocenters. The Bertz CT molecular complexity index is 1050. The molecule has 2 amide bonds. The lowest BCUT2D eigenvalue weighted by molar-refractivity contribution is -0.139. The van der Waals surface area contributed by atoms with Gasteiger partial charge in [-0.15, -0.1) is 0 Å². The number of nitrogens with zero attached hydrogens (tertiary/aromatic N) is 2. The number of halogens is 1. The SMILES string of the molecule is CNC(=O)[C@@H](C)N(Cc1ccccc1F)C(=O)CN(c1cc(C)cc(C)c1)S(C)(=O)=O. The van der Waals surface area contributed by atoms with Crippen molar-refractivity contribution in [2.24, 2.45) is 0 Å². The molecule has 2 rings (SSSR count). The maximum absolute atomic E-state index is 14.2. The zero-order valence-electron chi connectivity index (χ0n) is 18.3. The van der Waals surface area contributed by atoms with Crippen molar-refractivity contribution in [1.29, 1.82) is 0 Å². The van der Waals surface area contributed by atoms with E-state index in [4.69, 9.17) is 0 Å². The average Bonchev–Trinajstić information content (AvgIpc) is 2.68. The third-order valence-electron chi connectivity index (χ3n) is 4.89. The summed E-state index contributed by atoms with van der Waals surface area (Å²) in [7, 11) is -2.37. The Morgan fingerprint density at radius 2 is 1.68 bits per heavy atom. The van der Waals surface area contributed by atoms with Crippen molar-refractivity contribution in [3.05, 3.63) is 65.0 Å². The van der Waals surface area contributed by atoms with Gasteiger partial charge >= 0.3 is 0 Å². The Hall–Kier alpha value is -2.94. The normalized spacial score (nSPS) is 12.2. The molecule has 7 nitrogen and oxygen atoms in total. The fourth-order valence-electron chi connectivity index (χ4n) is 3.31. The van der Waals surface area contributed by atoms with E-state index in [1.807, 2.05) is 19.9 Å². The van der Waals surface area contributed by atoms with Crippen LogP contribution in [-0.2, 0) is 26.2 Å². The summed E-state index contributed by atoms with van der Waals surface area (Å²) in [4.78, 5) is 26.7. The number of anilines is 1. The number of sulfonamides is 1. The number of benzene rings is 2. The molecule has 0 radical (unpaired) electrons. The van der Waals surface area contributed by atoms with Crippen molar-refractivity contribution in [3.8, 4) is 0 Å². The molecule has 1 N–H and O–H groups in total. The Labute approximate surface area is 182 Å². The number of carbonyl (C=O) groups is 2. The lowest BCUT2D eigenvalue weighted by Crippen LogP contribution is -2.50. The summed E-state index contributed by atoms with van der Waals surface area (Å²) in [6, 6.07) is 10.2. The number of hydrogen-bond donors (Lipinski definition) is 1. The van der Waals surface area contributed by atoms with Gasteiger partial charge in [0.25, 0.3) is 0 Å². The second-order valence-corrected chi connectivity index (χ2v) is 9.43. The average molecular weight is 450 g/mol. The summed E-state index contributed by atoms with van der Waals surface area (Å²) in [5, 5.41) is 2.47. The molecule has 0 aliphatic heterocycles. The van der Waals surface area contributed by atoms with Gasteiger partial charge < -0.3 is 10.2 Å². The van der Waals surface area contributed by atoms with Gasteiger partial charge in [-0.25, -0.2) is 12.8 Å². The van der Waals surface area contributed by atoms with Gasteiger partial charge in [0.1, 0.15) is 18.4 Å². The highest BCUT2D eigenvalue weighted by Crippen LogP contribution is 2.22. The molecule has 0 aromatic heterocycles. The van der Waals surface area contributed by atoms with E-state index in [1.165, 1.54) is 37.1 Å². The number of aryl methyl sites for hydroxylation is 2. The molecule has 0 saturated heterocycles. The van der Waals surface area contributed by atoms with E-state index in [9.17, 15) is 22.4 Å². The molecule has 0 aliphatic carbocycles. The summed E-state index contributed by atoms with van der Waals surface area (Å²) in [6.07, 6.45) is 1.02. The first-order chi connectivity index (χ1) is 14.4. The van der Waals surface area contributed by atoms with Crippen molar-refractivity contribution in [1.82, 2.24) is 10.2 Å². The van der Waals surface area contributed by atoms with Crippen LogP contribution in [0.2, 0.25) is 0 Å². The monoisotopic (exact) mass is 449 g/mol. The number of hydrogen-bond acceptors (Lipinski definition) is 4. The van der Waals surface area contributed by atoms with E-state index in [0.717, 1.165) is 21.7 Å². The summed E-state index contributed by atoms with van der Waals surface area (Å²) in [5.74, 6) is -1.58. The van der Waals surface area contributed by atoms with Crippen LogP contribution in [0.4, 0.5) is 10.1 Å². The third kappa shape index (κ3) is 6.27. The predicted octanol–water partition coefficient (Wildman–Crippen LogP) is 2.37. The van der Waals surface area contributed by atoms with Crippen molar-refractivity contribution in [2.75, 3.05) is 24.2 Å². The van der Waals surface area contributed by atoms with Crippen LogP contribution in [0.3, 0.4) is 0 Å². The molecule has 0 aliphatic rings. The molecule has 0 saturated carbocycles. The van der Waals surface area contributed by atoms with Gasteiger partial charge in [-0.1, -0.05) is 24.3 Å². The van der Waals surface area contributed by atoms with Gasteiger partial charge in [-0.2, -0.15) is 0 Å². The minimum Gasteiger partial charge on any atom is -0.357 e. The van der Waals surface area contributed by atoms with Crippen LogP contribution < -0.4 is 9.62 Å². The molecular formula is C22H28FN3O4S. The predicted molar refractivity (Wildman–Crippen MR) is 119 cm³/mol. The minimum absolute atomic E-state index is 0.176. The van der Waals surface area contributed by atoms with Crippen molar-refractivity contribution in [2.45, 2.75) is 33.4 Å². The Balaban J connectivity index is 2.43. The maximum Gasteiger partial charge on any atom is 0.244 e. The van der Waals surface area contributed by atoms with E-state index in [2.05, 4.69) is 5.32 Å². The van der Waals surface area contributed by atoms with E-state index >= 15 is 0 Å². The quantitative estimate of drug-likeness (QED) is 0.670. The molecule has 31 heavy (non-hydrogen) atoms. The molecule has 9 heteroatoms. The van der Waals surface area contributed by atoms with Crippen LogP contribution >= 0.6 is 0 Å². The topological polar surface area (TPSA) is 86.8 Å². The summed E-state index contributed by atoms with van der Waals surface area (Å²) < 4.78 is 40.2. The largest absolute Gasteiger partial charge is 0.357 e. The standard InChI is InChI=1S/C22H28FN3O4S/c1-15-10-16(2)12-19(11-15)26(31(5,29)30)14-21(27)25(17(3)22(28)24-4)13-18-8-6-7-9-20(18)23/h6-12,17H,13-14H2,1-5H3,(H,24,28)/t17-/m1/s1. The molecular weight excluding hydrogens is 421 g/mol. The second-order valence-electron chi connectivity index (χ2n) is 7.52. The van der Waals surface area contributed by atoms with E-state index < -0.39 is 40.2 Å². The van der Waals surface area contributed by atoms with Crippen molar-refractivity contribution >= 4 is 27.5 Å². The highest BCUT2D eigenvalue weighted by molar-refractivity contribution is 7.92. The highest BCUT2D eigenvalue weighted by atomic mass is 32.2. The lowest BCUT2D eigenvalue weighted by Gasteiger charge is -2.31. The number of amides is 2. The van der Waals surface area contributed by atoms with Crippen molar-refractivity contribution in [3.63, 3.8) is 0 Å². The van der Waals surface area contributed by atoms with E-state index in [0.29, 0.717) is 5.69 Å². The van der Waals surface area contributed by atoms with Crippen molar-refractivity contribution < 1.29 is 22.4 Å². The van der Waals surface area contributed by atoms with Crippen LogP contribution in [-0.4, -0.2) is 51.0 Å². The Morgan fingerprint density at radius 3 is 2.19 bits per heavy atom. The molecule has 2 aromatic carbocycles. The number of likely N-dealkylation sites (N-methyl/N-ethyl adjacent to an activating group) is 1. The number of nitrogens with one attached hydrogen (secondary N) is 1. The highest BCUT2D eigenvalue weighted by Gasteiger charge is 2.30. The van der Waals surface area contributed by atoms with E-state index in [1.54, 1.807) is 18.2 Å². The smallest absolute Gasteiger partial charge is 0.244 e. The first-order valence-corrected chi connectivity index (χ1v) is 11.6. The van der Waals surface area contributed by atoms with Gasteiger partial charge in [0.2, 0.25) is 21.8 Å². The molecule has 0 fully saturated rings. The first kappa shape index (κ1) is 24.3. The maximum atomic E-state index is 14.2. The van der Waals surface area contributed by atoms with Gasteiger partial charge in [0.05, 0.1) is 11.9 Å². The summed E-state index contributed by atoms with van der Waals surface area (Å²) in [5.41, 5.74) is 2.27. The second kappa shape index (κ2) is 9.91. The molecule has 0 heterocycles. The molecule has 1 atom stereocenters.